The summed E-state index contributed by atoms with van der Waals surface area (Å²) in [5.74, 6) is 0.378. The molecular weight excluding hydrogens is 380 g/mol. The Bertz CT molecular complexity index is 1060. The minimum absolute atomic E-state index is 0.182. The van der Waals surface area contributed by atoms with E-state index in [-0.39, 0.29) is 5.91 Å². The molecule has 0 aliphatic rings. The predicted molar refractivity (Wildman–Crippen MR) is 102 cm³/mol. The molecule has 0 aliphatic carbocycles. The van der Waals surface area contributed by atoms with Crippen LogP contribution in [0.1, 0.15) is 10.4 Å². The van der Waals surface area contributed by atoms with Gasteiger partial charge in [-0.25, -0.2) is 4.98 Å². The van der Waals surface area contributed by atoms with E-state index in [1.165, 1.54) is 0 Å². The van der Waals surface area contributed by atoms with E-state index in [2.05, 4.69) is 26.2 Å². The first kappa shape index (κ1) is 15.6. The van der Waals surface area contributed by atoms with E-state index in [1.807, 2.05) is 54.6 Å². The van der Waals surface area contributed by atoms with Gasteiger partial charge in [0.2, 0.25) is 5.89 Å². The number of rotatable bonds is 3. The Labute approximate surface area is 152 Å². The highest BCUT2D eigenvalue weighted by atomic mass is 79.9. The summed E-state index contributed by atoms with van der Waals surface area (Å²) in [5.41, 5.74) is 3.54. The molecule has 1 aromatic heterocycles. The topological polar surface area (TPSA) is 55.1 Å². The Hall–Kier alpha value is -2.92. The summed E-state index contributed by atoms with van der Waals surface area (Å²) < 4.78 is 6.54. The van der Waals surface area contributed by atoms with Gasteiger partial charge in [0.25, 0.3) is 5.91 Å². The molecule has 4 aromatic rings. The van der Waals surface area contributed by atoms with Gasteiger partial charge in [-0.1, -0.05) is 30.3 Å². The molecule has 0 saturated heterocycles. The molecule has 0 saturated carbocycles. The van der Waals surface area contributed by atoms with Gasteiger partial charge in [0.1, 0.15) is 5.52 Å². The second-order valence-electron chi connectivity index (χ2n) is 5.50. The fourth-order valence-electron chi connectivity index (χ4n) is 2.55. The first-order valence-corrected chi connectivity index (χ1v) is 8.52. The Balaban J connectivity index is 1.63. The summed E-state index contributed by atoms with van der Waals surface area (Å²) in [6.45, 7) is 0. The van der Waals surface area contributed by atoms with Crippen LogP contribution in [-0.4, -0.2) is 10.9 Å². The third-order valence-corrected chi connectivity index (χ3v) is 4.48. The van der Waals surface area contributed by atoms with Gasteiger partial charge in [0, 0.05) is 15.7 Å². The van der Waals surface area contributed by atoms with E-state index < -0.39 is 0 Å². The molecule has 0 bridgehead atoms. The molecule has 0 atom stereocenters. The molecule has 25 heavy (non-hydrogen) atoms. The van der Waals surface area contributed by atoms with Gasteiger partial charge in [-0.05, 0) is 58.4 Å². The average Bonchev–Trinajstić information content (AvgIpc) is 3.06. The number of benzene rings is 3. The molecule has 4 nitrogen and oxygen atoms in total. The lowest BCUT2D eigenvalue weighted by Crippen LogP contribution is -2.12. The maximum atomic E-state index is 12.4. The molecule has 1 heterocycles. The van der Waals surface area contributed by atoms with Crippen LogP contribution in [-0.2, 0) is 0 Å². The highest BCUT2D eigenvalue weighted by Gasteiger charge is 2.12. The highest BCUT2D eigenvalue weighted by Crippen LogP contribution is 2.26. The zero-order valence-electron chi connectivity index (χ0n) is 13.1. The van der Waals surface area contributed by atoms with Crippen LogP contribution in [0.25, 0.3) is 22.6 Å². The number of amides is 1. The summed E-state index contributed by atoms with van der Waals surface area (Å²) >= 11 is 3.39. The van der Waals surface area contributed by atoms with Crippen molar-refractivity contribution >= 4 is 38.6 Å². The monoisotopic (exact) mass is 392 g/mol. The van der Waals surface area contributed by atoms with Crippen LogP contribution in [0.2, 0.25) is 0 Å². The number of anilines is 1. The van der Waals surface area contributed by atoms with Crippen LogP contribution in [0.4, 0.5) is 5.69 Å². The third kappa shape index (κ3) is 3.19. The highest BCUT2D eigenvalue weighted by molar-refractivity contribution is 9.10. The minimum atomic E-state index is -0.182. The van der Waals surface area contributed by atoms with Crippen molar-refractivity contribution in [1.82, 2.24) is 4.98 Å². The summed E-state index contributed by atoms with van der Waals surface area (Å²) in [7, 11) is 0. The number of hydrogen-bond acceptors (Lipinski definition) is 3. The number of carbonyl (C=O) groups is 1. The van der Waals surface area contributed by atoms with Crippen molar-refractivity contribution in [1.29, 1.82) is 0 Å². The van der Waals surface area contributed by atoms with Crippen LogP contribution < -0.4 is 5.32 Å². The van der Waals surface area contributed by atoms with Gasteiger partial charge >= 0.3 is 0 Å². The largest absolute Gasteiger partial charge is 0.436 e. The van der Waals surface area contributed by atoms with Crippen molar-refractivity contribution in [3.63, 3.8) is 0 Å². The van der Waals surface area contributed by atoms with Crippen molar-refractivity contribution in [3.05, 3.63) is 82.8 Å². The Kier molecular flexibility index (Phi) is 4.07. The standard InChI is InChI=1S/C20H13BrN2O2/c21-16-9-5-4-8-15(16)19(24)22-14-10-11-18-17(12-14)23-20(25-18)13-6-2-1-3-7-13/h1-12H,(H,22,24). The second kappa shape index (κ2) is 6.53. The maximum Gasteiger partial charge on any atom is 0.256 e. The van der Waals surface area contributed by atoms with Gasteiger partial charge in [0.05, 0.1) is 5.56 Å². The third-order valence-electron chi connectivity index (χ3n) is 3.78. The zero-order chi connectivity index (χ0) is 17.2. The predicted octanol–water partition coefficient (Wildman–Crippen LogP) is 5.51. The number of nitrogens with zero attached hydrogens (tertiary/aromatic N) is 1. The Morgan fingerprint density at radius 3 is 2.52 bits per heavy atom. The summed E-state index contributed by atoms with van der Waals surface area (Å²) in [6, 6.07) is 22.4. The molecule has 122 valence electrons. The molecule has 5 heteroatoms. The number of aromatic nitrogens is 1. The van der Waals surface area contributed by atoms with Crippen LogP contribution in [0.15, 0.2) is 81.7 Å². The van der Waals surface area contributed by atoms with E-state index in [0.29, 0.717) is 28.2 Å². The molecule has 0 aliphatic heterocycles. The quantitative estimate of drug-likeness (QED) is 0.499. The average molecular weight is 393 g/mol. The van der Waals surface area contributed by atoms with E-state index in [1.54, 1.807) is 18.2 Å². The van der Waals surface area contributed by atoms with Crippen molar-refractivity contribution in [2.75, 3.05) is 5.32 Å². The first-order valence-electron chi connectivity index (χ1n) is 7.72. The van der Waals surface area contributed by atoms with Crippen LogP contribution in [0, 0.1) is 0 Å². The SMILES string of the molecule is O=C(Nc1ccc2oc(-c3ccccc3)nc2c1)c1ccccc1Br. The molecule has 0 fully saturated rings. The van der Waals surface area contributed by atoms with Gasteiger partial charge in [-0.3, -0.25) is 4.79 Å². The number of halogens is 1. The van der Waals surface area contributed by atoms with Crippen molar-refractivity contribution in [2.45, 2.75) is 0 Å². The fraction of sp³-hybridized carbons (Fsp3) is 0. The van der Waals surface area contributed by atoms with Crippen molar-refractivity contribution in [3.8, 4) is 11.5 Å². The summed E-state index contributed by atoms with van der Waals surface area (Å²) in [4.78, 5) is 16.9. The fourth-order valence-corrected chi connectivity index (χ4v) is 3.02. The van der Waals surface area contributed by atoms with Gasteiger partial charge in [0.15, 0.2) is 5.58 Å². The van der Waals surface area contributed by atoms with E-state index in [4.69, 9.17) is 4.42 Å². The number of nitrogens with one attached hydrogen (secondary N) is 1. The molecule has 0 unspecified atom stereocenters. The van der Waals surface area contributed by atoms with E-state index in [9.17, 15) is 4.79 Å². The van der Waals surface area contributed by atoms with Gasteiger partial charge in [-0.15, -0.1) is 0 Å². The van der Waals surface area contributed by atoms with Crippen LogP contribution in [0.3, 0.4) is 0 Å². The lowest BCUT2D eigenvalue weighted by molar-refractivity contribution is 0.102. The molecule has 3 aromatic carbocycles. The van der Waals surface area contributed by atoms with Crippen molar-refractivity contribution < 1.29 is 9.21 Å². The lowest BCUT2D eigenvalue weighted by Gasteiger charge is -2.06. The number of hydrogen-bond donors (Lipinski definition) is 1. The van der Waals surface area contributed by atoms with Crippen LogP contribution in [0.5, 0.6) is 0 Å². The summed E-state index contributed by atoms with van der Waals surface area (Å²) in [5, 5.41) is 2.89. The first-order chi connectivity index (χ1) is 12.2. The molecule has 0 radical (unpaired) electrons. The smallest absolute Gasteiger partial charge is 0.256 e. The molecule has 0 spiro atoms. The minimum Gasteiger partial charge on any atom is -0.436 e. The zero-order valence-corrected chi connectivity index (χ0v) is 14.7. The van der Waals surface area contributed by atoms with Crippen molar-refractivity contribution in [2.24, 2.45) is 0 Å². The molecule has 1 amide bonds. The molecule has 1 N–H and O–H groups in total. The molecule has 4 rings (SSSR count). The Morgan fingerprint density at radius 2 is 1.72 bits per heavy atom. The number of carbonyl (C=O) groups excluding carboxylic acids is 1. The molecular formula is C20H13BrN2O2. The van der Waals surface area contributed by atoms with E-state index >= 15 is 0 Å². The van der Waals surface area contributed by atoms with Gasteiger partial charge in [-0.2, -0.15) is 0 Å². The maximum absolute atomic E-state index is 12.4. The lowest BCUT2D eigenvalue weighted by atomic mass is 10.2. The van der Waals surface area contributed by atoms with Gasteiger partial charge < -0.3 is 9.73 Å². The summed E-state index contributed by atoms with van der Waals surface area (Å²) in [6.07, 6.45) is 0. The number of oxazole rings is 1. The second-order valence-corrected chi connectivity index (χ2v) is 6.36. The van der Waals surface area contributed by atoms with E-state index in [0.717, 1.165) is 10.0 Å². The van der Waals surface area contributed by atoms with Crippen LogP contribution >= 0.6 is 15.9 Å². The normalized spacial score (nSPS) is 10.8. The Morgan fingerprint density at radius 1 is 0.960 bits per heavy atom. The number of fused-ring (bicyclic) bond motifs is 1.